The molecule has 0 amide bonds. The fraction of sp³-hybridized carbons (Fsp3) is 0.500. The summed E-state index contributed by atoms with van der Waals surface area (Å²) in [6.45, 7) is 2.60. The van der Waals surface area contributed by atoms with E-state index in [2.05, 4.69) is 10.1 Å². The molecule has 1 rings (SSSR count). The molecule has 0 saturated heterocycles. The lowest BCUT2D eigenvalue weighted by atomic mass is 10.0. The molecule has 0 aliphatic carbocycles. The van der Waals surface area contributed by atoms with Crippen LogP contribution in [-0.4, -0.2) is 23.7 Å². The molecule has 6 heteroatoms. The lowest BCUT2D eigenvalue weighted by Crippen LogP contribution is -2.42. The summed E-state index contributed by atoms with van der Waals surface area (Å²) in [4.78, 5) is 11.1. The van der Waals surface area contributed by atoms with Gasteiger partial charge in [-0.2, -0.15) is 8.78 Å². The Labute approximate surface area is 116 Å². The molecule has 0 bridgehead atoms. The fourth-order valence-corrected chi connectivity index (χ4v) is 1.85. The van der Waals surface area contributed by atoms with Crippen LogP contribution in [0.15, 0.2) is 24.3 Å². The predicted octanol–water partition coefficient (Wildman–Crippen LogP) is 3.05. The van der Waals surface area contributed by atoms with Gasteiger partial charge >= 0.3 is 12.6 Å². The third-order valence-electron chi connectivity index (χ3n) is 2.97. The molecule has 1 aromatic carbocycles. The number of benzene rings is 1. The molecule has 0 spiro atoms. The van der Waals surface area contributed by atoms with Crippen molar-refractivity contribution < 1.29 is 23.4 Å². The number of halogens is 2. The molecule has 2 unspecified atom stereocenters. The quantitative estimate of drug-likeness (QED) is 0.809. The minimum Gasteiger partial charge on any atom is -0.480 e. The van der Waals surface area contributed by atoms with Crippen LogP contribution in [0, 0.1) is 5.92 Å². The van der Waals surface area contributed by atoms with Gasteiger partial charge in [-0.1, -0.05) is 26.0 Å². The third-order valence-corrected chi connectivity index (χ3v) is 2.97. The summed E-state index contributed by atoms with van der Waals surface area (Å²) >= 11 is 0. The van der Waals surface area contributed by atoms with E-state index in [1.165, 1.54) is 12.1 Å². The number of carboxylic acid groups (broad SMARTS) is 1. The highest BCUT2D eigenvalue weighted by Crippen LogP contribution is 2.20. The van der Waals surface area contributed by atoms with Crippen LogP contribution in [0.2, 0.25) is 0 Å². The van der Waals surface area contributed by atoms with Gasteiger partial charge in [-0.05, 0) is 30.5 Å². The second kappa shape index (κ2) is 7.19. The maximum atomic E-state index is 12.0. The van der Waals surface area contributed by atoms with Crippen molar-refractivity contribution in [2.24, 2.45) is 5.92 Å². The lowest BCUT2D eigenvalue weighted by molar-refractivity contribution is -0.140. The van der Waals surface area contributed by atoms with Gasteiger partial charge in [-0.3, -0.25) is 10.1 Å². The molecule has 1 aromatic rings. The van der Waals surface area contributed by atoms with Crippen molar-refractivity contribution in [3.8, 4) is 5.75 Å². The highest BCUT2D eigenvalue weighted by Gasteiger charge is 2.23. The van der Waals surface area contributed by atoms with Crippen LogP contribution in [0.25, 0.3) is 0 Å². The summed E-state index contributed by atoms with van der Waals surface area (Å²) < 4.78 is 28.3. The van der Waals surface area contributed by atoms with E-state index in [4.69, 9.17) is 5.11 Å². The van der Waals surface area contributed by atoms with Crippen molar-refractivity contribution in [1.29, 1.82) is 0 Å². The zero-order valence-electron chi connectivity index (χ0n) is 11.6. The molecule has 0 radical (unpaired) electrons. The van der Waals surface area contributed by atoms with Crippen molar-refractivity contribution >= 4 is 5.97 Å². The highest BCUT2D eigenvalue weighted by atomic mass is 19.3. The Morgan fingerprint density at radius 3 is 2.15 bits per heavy atom. The number of carbonyl (C=O) groups is 1. The van der Waals surface area contributed by atoms with Gasteiger partial charge in [0.05, 0.1) is 0 Å². The van der Waals surface area contributed by atoms with Crippen LogP contribution < -0.4 is 10.1 Å². The Morgan fingerprint density at radius 1 is 1.20 bits per heavy atom. The molecule has 20 heavy (non-hydrogen) atoms. The van der Waals surface area contributed by atoms with Crippen molar-refractivity contribution in [1.82, 2.24) is 5.32 Å². The topological polar surface area (TPSA) is 58.6 Å². The zero-order valence-corrected chi connectivity index (χ0v) is 11.6. The standard InChI is InChI=1S/C14H19F2NO3/c1-8(2)12(13(18)19)17-9(3)10-4-6-11(7-5-10)20-14(15)16/h4-9,12,14,17H,1-3H3,(H,18,19). The van der Waals surface area contributed by atoms with Crippen LogP contribution in [-0.2, 0) is 4.79 Å². The van der Waals surface area contributed by atoms with E-state index < -0.39 is 18.6 Å². The van der Waals surface area contributed by atoms with Gasteiger partial charge in [-0.25, -0.2) is 0 Å². The Hall–Kier alpha value is -1.69. The van der Waals surface area contributed by atoms with Gasteiger partial charge in [0, 0.05) is 6.04 Å². The zero-order chi connectivity index (χ0) is 15.3. The molecule has 0 aromatic heterocycles. The molecule has 0 aliphatic rings. The maximum absolute atomic E-state index is 12.0. The van der Waals surface area contributed by atoms with Gasteiger partial charge in [-0.15, -0.1) is 0 Å². The molecule has 4 nitrogen and oxygen atoms in total. The Kier molecular flexibility index (Phi) is 5.88. The number of aliphatic carboxylic acids is 1. The van der Waals surface area contributed by atoms with Gasteiger partial charge in [0.1, 0.15) is 11.8 Å². The lowest BCUT2D eigenvalue weighted by Gasteiger charge is -2.23. The largest absolute Gasteiger partial charge is 0.480 e. The van der Waals surface area contributed by atoms with E-state index in [-0.39, 0.29) is 17.7 Å². The summed E-state index contributed by atoms with van der Waals surface area (Å²) in [6, 6.07) is 5.26. The first-order valence-corrected chi connectivity index (χ1v) is 6.35. The Morgan fingerprint density at radius 2 is 1.75 bits per heavy atom. The van der Waals surface area contributed by atoms with Gasteiger partial charge in [0.25, 0.3) is 0 Å². The van der Waals surface area contributed by atoms with E-state index in [0.29, 0.717) is 0 Å². The van der Waals surface area contributed by atoms with Crippen LogP contribution in [0.4, 0.5) is 8.78 Å². The Bertz CT molecular complexity index is 435. The van der Waals surface area contributed by atoms with Crippen LogP contribution in [0.5, 0.6) is 5.75 Å². The van der Waals surface area contributed by atoms with Crippen LogP contribution >= 0.6 is 0 Å². The third kappa shape index (κ3) is 4.77. The van der Waals surface area contributed by atoms with E-state index in [9.17, 15) is 13.6 Å². The summed E-state index contributed by atoms with van der Waals surface area (Å²) in [5.41, 5.74) is 0.804. The first-order valence-electron chi connectivity index (χ1n) is 6.35. The maximum Gasteiger partial charge on any atom is 0.387 e. The van der Waals surface area contributed by atoms with E-state index in [0.717, 1.165) is 5.56 Å². The highest BCUT2D eigenvalue weighted by molar-refractivity contribution is 5.73. The van der Waals surface area contributed by atoms with E-state index >= 15 is 0 Å². The first kappa shape index (κ1) is 16.4. The molecule has 0 fully saturated rings. The molecular formula is C14H19F2NO3. The number of carboxylic acids is 1. The number of nitrogens with one attached hydrogen (secondary N) is 1. The van der Waals surface area contributed by atoms with E-state index in [1.807, 2.05) is 20.8 Å². The number of hydrogen-bond acceptors (Lipinski definition) is 3. The Balaban J connectivity index is 2.72. The smallest absolute Gasteiger partial charge is 0.387 e. The minimum atomic E-state index is -2.85. The molecule has 0 saturated carbocycles. The normalized spacial score (nSPS) is 14.3. The number of rotatable bonds is 7. The molecule has 112 valence electrons. The molecule has 0 heterocycles. The summed E-state index contributed by atoms with van der Waals surface area (Å²) in [5.74, 6) is -0.893. The van der Waals surface area contributed by atoms with Gasteiger partial charge in [0.15, 0.2) is 0 Å². The number of ether oxygens (including phenoxy) is 1. The molecule has 0 aliphatic heterocycles. The molecule has 2 N–H and O–H groups in total. The second-order valence-corrected chi connectivity index (χ2v) is 4.90. The van der Waals surface area contributed by atoms with Gasteiger partial charge in [0.2, 0.25) is 0 Å². The van der Waals surface area contributed by atoms with Crippen LogP contribution in [0.3, 0.4) is 0 Å². The average Bonchev–Trinajstić information content (AvgIpc) is 2.35. The van der Waals surface area contributed by atoms with Crippen molar-refractivity contribution in [2.45, 2.75) is 39.5 Å². The predicted molar refractivity (Wildman–Crippen MR) is 70.9 cm³/mol. The van der Waals surface area contributed by atoms with Crippen molar-refractivity contribution in [2.75, 3.05) is 0 Å². The van der Waals surface area contributed by atoms with Crippen molar-refractivity contribution in [3.63, 3.8) is 0 Å². The number of alkyl halides is 2. The van der Waals surface area contributed by atoms with E-state index in [1.54, 1.807) is 12.1 Å². The monoisotopic (exact) mass is 287 g/mol. The SMILES string of the molecule is CC(NC(C(=O)O)C(C)C)c1ccc(OC(F)F)cc1. The first-order chi connectivity index (χ1) is 9.31. The van der Waals surface area contributed by atoms with Gasteiger partial charge < -0.3 is 9.84 Å². The molecule has 2 atom stereocenters. The van der Waals surface area contributed by atoms with Crippen molar-refractivity contribution in [3.05, 3.63) is 29.8 Å². The minimum absolute atomic E-state index is 0.0589. The summed E-state index contributed by atoms with van der Waals surface area (Å²) in [7, 11) is 0. The summed E-state index contributed by atoms with van der Waals surface area (Å²) in [6.07, 6.45) is 0. The summed E-state index contributed by atoms with van der Waals surface area (Å²) in [5, 5.41) is 12.1. The number of hydrogen-bond donors (Lipinski definition) is 2. The second-order valence-electron chi connectivity index (χ2n) is 4.90. The molecular weight excluding hydrogens is 268 g/mol. The van der Waals surface area contributed by atoms with Crippen LogP contribution in [0.1, 0.15) is 32.4 Å². The fourth-order valence-electron chi connectivity index (χ4n) is 1.85. The average molecular weight is 287 g/mol.